The Morgan fingerprint density at radius 1 is 0.323 bits per heavy atom. The van der Waals surface area contributed by atoms with E-state index in [1.807, 2.05) is 0 Å². The van der Waals surface area contributed by atoms with Crippen LogP contribution >= 0.6 is 0 Å². The van der Waals surface area contributed by atoms with E-state index in [2.05, 4.69) is 241 Å². The van der Waals surface area contributed by atoms with Gasteiger partial charge >= 0.3 is 0 Å². The van der Waals surface area contributed by atoms with E-state index in [1.54, 1.807) is 0 Å². The molecule has 0 amide bonds. The molecule has 11 aromatic carbocycles. The normalized spacial score (nSPS) is 13.0. The van der Waals surface area contributed by atoms with E-state index < -0.39 is 5.41 Å². The van der Waals surface area contributed by atoms with Crippen LogP contribution in [0, 0.1) is 0 Å². The van der Waals surface area contributed by atoms with Crippen molar-refractivity contribution >= 4 is 60.5 Å². The fourth-order valence-electron chi connectivity index (χ4n) is 11.6. The Labute approximate surface area is 376 Å². The molecule has 65 heavy (non-hydrogen) atoms. The zero-order chi connectivity index (χ0) is 42.6. The summed E-state index contributed by atoms with van der Waals surface area (Å²) in [5.41, 5.74) is 19.6. The summed E-state index contributed by atoms with van der Waals surface area (Å²) < 4.78 is 6.99. The van der Waals surface area contributed by atoms with Gasteiger partial charge in [-0.15, -0.1) is 0 Å². The number of hydrogen-bond donors (Lipinski definition) is 0. The van der Waals surface area contributed by atoms with Crippen molar-refractivity contribution in [3.63, 3.8) is 0 Å². The predicted octanol–water partition coefficient (Wildman–Crippen LogP) is 17.0. The molecule has 0 fully saturated rings. The molecule has 2 nitrogen and oxygen atoms in total. The summed E-state index contributed by atoms with van der Waals surface area (Å²) in [4.78, 5) is 2.56. The van der Waals surface area contributed by atoms with Gasteiger partial charge in [-0.3, -0.25) is 0 Å². The maximum Gasteiger partial charge on any atom is 0.143 e. The SMILES string of the molecule is c1ccc(-c2ccccc2N(c2cccc3c2-c2ccccc2C32c3ccccc3-c3ccccc32)c2cc3c(oc4cccc(-c5ccc6ccccc6c5)c43)c3ccccc23)cc1. The second-order valence-corrected chi connectivity index (χ2v) is 17.5. The Morgan fingerprint density at radius 2 is 0.892 bits per heavy atom. The molecule has 302 valence electrons. The minimum atomic E-state index is -0.485. The summed E-state index contributed by atoms with van der Waals surface area (Å²) in [6, 6.07) is 87.1. The number of anilines is 3. The van der Waals surface area contributed by atoms with Crippen molar-refractivity contribution in [3.8, 4) is 44.5 Å². The molecular formula is C63H39NO. The molecule has 0 unspecified atom stereocenters. The van der Waals surface area contributed by atoms with E-state index in [4.69, 9.17) is 4.42 Å². The van der Waals surface area contributed by atoms with Crippen LogP contribution in [0.25, 0.3) is 88.0 Å². The average molecular weight is 826 g/mol. The second-order valence-electron chi connectivity index (χ2n) is 17.5. The third-order valence-electron chi connectivity index (χ3n) is 14.3. The molecule has 2 aliphatic carbocycles. The standard InChI is InChI=1S/C63H39NO/c1-2-19-41(20-3-1)44-22-11-15-33-56(44)64(57-34-17-32-55-61(57)50-27-10-14-31-54(50)63(55)52-29-12-8-23-46(52)47-24-9-13-30-53(47)63)58-39-51-60-45(43-37-36-40-18-4-5-21-42(40)38-43)28-16-35-59(60)65-62(51)49-26-7-6-25-48(49)58/h1-39H. The minimum Gasteiger partial charge on any atom is -0.455 e. The van der Waals surface area contributed by atoms with Crippen molar-refractivity contribution < 1.29 is 4.42 Å². The van der Waals surface area contributed by atoms with Gasteiger partial charge in [0.15, 0.2) is 0 Å². The van der Waals surface area contributed by atoms with Gasteiger partial charge < -0.3 is 9.32 Å². The van der Waals surface area contributed by atoms with Gasteiger partial charge in [-0.05, 0) is 96.7 Å². The molecule has 14 rings (SSSR count). The number of para-hydroxylation sites is 1. The van der Waals surface area contributed by atoms with Crippen molar-refractivity contribution in [2.24, 2.45) is 0 Å². The van der Waals surface area contributed by atoms with Gasteiger partial charge in [0.05, 0.1) is 22.5 Å². The van der Waals surface area contributed by atoms with E-state index in [0.29, 0.717) is 0 Å². The van der Waals surface area contributed by atoms with Crippen molar-refractivity contribution in [2.45, 2.75) is 5.41 Å². The van der Waals surface area contributed by atoms with Crippen molar-refractivity contribution in [2.75, 3.05) is 4.90 Å². The summed E-state index contributed by atoms with van der Waals surface area (Å²) in [6.45, 7) is 0. The maximum absolute atomic E-state index is 6.99. The first-order valence-corrected chi connectivity index (χ1v) is 22.5. The lowest BCUT2D eigenvalue weighted by Crippen LogP contribution is -2.26. The molecule has 2 aliphatic rings. The molecule has 1 spiro atoms. The lowest BCUT2D eigenvalue weighted by molar-refractivity contribution is 0.673. The molecule has 0 aliphatic heterocycles. The van der Waals surface area contributed by atoms with Crippen molar-refractivity contribution in [1.29, 1.82) is 0 Å². The zero-order valence-electron chi connectivity index (χ0n) is 35.4. The number of nitrogens with zero attached hydrogens (tertiary/aromatic N) is 1. The highest BCUT2D eigenvalue weighted by molar-refractivity contribution is 6.23. The number of rotatable bonds is 5. The smallest absolute Gasteiger partial charge is 0.143 e. The van der Waals surface area contributed by atoms with Gasteiger partial charge in [0.2, 0.25) is 0 Å². The number of fused-ring (bicyclic) bond motifs is 16. The Morgan fingerprint density at radius 3 is 1.68 bits per heavy atom. The summed E-state index contributed by atoms with van der Waals surface area (Å²) in [7, 11) is 0. The third kappa shape index (κ3) is 4.99. The predicted molar refractivity (Wildman–Crippen MR) is 271 cm³/mol. The lowest BCUT2D eigenvalue weighted by atomic mass is 9.70. The number of furan rings is 1. The molecule has 0 saturated heterocycles. The van der Waals surface area contributed by atoms with E-state index in [1.165, 1.54) is 55.3 Å². The number of benzene rings is 11. The van der Waals surface area contributed by atoms with Crippen LogP contribution in [0.2, 0.25) is 0 Å². The molecule has 0 N–H and O–H groups in total. The molecule has 0 atom stereocenters. The molecule has 0 bridgehead atoms. The van der Waals surface area contributed by atoms with E-state index in [9.17, 15) is 0 Å². The lowest BCUT2D eigenvalue weighted by Gasteiger charge is -2.33. The molecule has 1 heterocycles. The highest BCUT2D eigenvalue weighted by Gasteiger charge is 2.52. The van der Waals surface area contributed by atoms with Gasteiger partial charge in [0.1, 0.15) is 11.2 Å². The van der Waals surface area contributed by atoms with Crippen LogP contribution in [0.5, 0.6) is 0 Å². The van der Waals surface area contributed by atoms with Crippen LogP contribution in [-0.4, -0.2) is 0 Å². The van der Waals surface area contributed by atoms with Crippen LogP contribution in [-0.2, 0) is 5.41 Å². The molecule has 0 radical (unpaired) electrons. The monoisotopic (exact) mass is 825 g/mol. The van der Waals surface area contributed by atoms with Crippen LogP contribution < -0.4 is 4.90 Å². The Kier molecular flexibility index (Phi) is 7.64. The summed E-state index contributed by atoms with van der Waals surface area (Å²) in [6.07, 6.45) is 0. The van der Waals surface area contributed by atoms with Gasteiger partial charge in [0, 0.05) is 32.7 Å². The topological polar surface area (TPSA) is 16.4 Å². The average Bonchev–Trinajstić information content (AvgIpc) is 4.02. The van der Waals surface area contributed by atoms with E-state index in [-0.39, 0.29) is 0 Å². The minimum absolute atomic E-state index is 0.485. The van der Waals surface area contributed by atoms with Gasteiger partial charge in [-0.1, -0.05) is 206 Å². The molecule has 0 saturated carbocycles. The fourth-order valence-corrected chi connectivity index (χ4v) is 11.6. The van der Waals surface area contributed by atoms with E-state index >= 15 is 0 Å². The van der Waals surface area contributed by atoms with E-state index in [0.717, 1.165) is 72.0 Å². The fraction of sp³-hybridized carbons (Fsp3) is 0.0159. The Bertz CT molecular complexity index is 3870. The summed E-state index contributed by atoms with van der Waals surface area (Å²) in [5.74, 6) is 0. The quantitative estimate of drug-likeness (QED) is 0.172. The maximum atomic E-state index is 6.99. The highest BCUT2D eigenvalue weighted by atomic mass is 16.3. The van der Waals surface area contributed by atoms with Crippen LogP contribution in [0.3, 0.4) is 0 Å². The van der Waals surface area contributed by atoms with Crippen LogP contribution in [0.15, 0.2) is 241 Å². The summed E-state index contributed by atoms with van der Waals surface area (Å²) in [5, 5.41) is 6.83. The highest BCUT2D eigenvalue weighted by Crippen LogP contribution is 2.65. The van der Waals surface area contributed by atoms with Gasteiger partial charge in [0.25, 0.3) is 0 Å². The van der Waals surface area contributed by atoms with Gasteiger partial charge in [-0.25, -0.2) is 0 Å². The number of hydrogen-bond acceptors (Lipinski definition) is 2. The third-order valence-corrected chi connectivity index (χ3v) is 14.3. The molecule has 2 heteroatoms. The van der Waals surface area contributed by atoms with Crippen molar-refractivity contribution in [1.82, 2.24) is 0 Å². The first-order chi connectivity index (χ1) is 32.3. The van der Waals surface area contributed by atoms with Crippen LogP contribution in [0.4, 0.5) is 17.1 Å². The zero-order valence-corrected chi connectivity index (χ0v) is 35.4. The second kappa shape index (κ2) is 13.8. The van der Waals surface area contributed by atoms with Crippen molar-refractivity contribution in [3.05, 3.63) is 259 Å². The largest absolute Gasteiger partial charge is 0.455 e. The Balaban J connectivity index is 1.12. The first-order valence-electron chi connectivity index (χ1n) is 22.5. The summed E-state index contributed by atoms with van der Waals surface area (Å²) >= 11 is 0. The Hall–Kier alpha value is -8.46. The molecular weight excluding hydrogens is 787 g/mol. The first kappa shape index (κ1) is 36.1. The molecule has 12 aromatic rings. The molecule has 1 aromatic heterocycles. The van der Waals surface area contributed by atoms with Gasteiger partial charge in [-0.2, -0.15) is 0 Å². The van der Waals surface area contributed by atoms with Crippen LogP contribution in [0.1, 0.15) is 22.3 Å².